The highest BCUT2D eigenvalue weighted by molar-refractivity contribution is 9.10. The molecular weight excluding hydrogens is 304 g/mol. The van der Waals surface area contributed by atoms with Crippen LogP contribution in [0.25, 0.3) is 0 Å². The predicted octanol–water partition coefficient (Wildman–Crippen LogP) is 2.80. The molecule has 1 saturated heterocycles. The summed E-state index contributed by atoms with van der Waals surface area (Å²) >= 11 is 9.30. The van der Waals surface area contributed by atoms with Gasteiger partial charge in [-0.2, -0.15) is 0 Å². The summed E-state index contributed by atoms with van der Waals surface area (Å²) in [5, 5.41) is 0.420. The van der Waals surface area contributed by atoms with Gasteiger partial charge in [-0.25, -0.2) is 4.98 Å². The number of rotatable bonds is 1. The summed E-state index contributed by atoms with van der Waals surface area (Å²) in [6.07, 6.45) is 0. The van der Waals surface area contributed by atoms with E-state index in [0.717, 1.165) is 4.47 Å². The van der Waals surface area contributed by atoms with Crippen LogP contribution in [-0.2, 0) is 9.31 Å². The Bertz CT molecular complexity index is 417. The average Bonchev–Trinajstić information content (AvgIpc) is 2.34. The maximum absolute atomic E-state index is 5.92. The molecule has 0 atom stereocenters. The molecule has 17 heavy (non-hydrogen) atoms. The number of hydrogen-bond donors (Lipinski definition) is 0. The van der Waals surface area contributed by atoms with Crippen LogP contribution in [0.3, 0.4) is 0 Å². The van der Waals surface area contributed by atoms with Crippen molar-refractivity contribution in [3.63, 3.8) is 0 Å². The highest BCUT2D eigenvalue weighted by atomic mass is 79.9. The summed E-state index contributed by atoms with van der Waals surface area (Å²) in [7, 11) is -0.477. The molecule has 6 heteroatoms. The van der Waals surface area contributed by atoms with E-state index in [0.29, 0.717) is 10.7 Å². The first kappa shape index (κ1) is 13.3. The van der Waals surface area contributed by atoms with Crippen LogP contribution in [-0.4, -0.2) is 23.3 Å². The minimum absolute atomic E-state index is 0.367. The fourth-order valence-corrected chi connectivity index (χ4v) is 2.37. The Morgan fingerprint density at radius 1 is 1.18 bits per heavy atom. The summed E-state index contributed by atoms with van der Waals surface area (Å²) in [4.78, 5) is 4.23. The van der Waals surface area contributed by atoms with Crippen molar-refractivity contribution in [2.24, 2.45) is 0 Å². The molecule has 0 bridgehead atoms. The molecule has 2 heterocycles. The molecule has 1 aliphatic heterocycles. The summed E-state index contributed by atoms with van der Waals surface area (Å²) in [5.74, 6) is 0. The second kappa shape index (κ2) is 4.23. The molecular formula is C11H14BBrClNO2. The second-order valence-corrected chi connectivity index (χ2v) is 6.42. The molecule has 0 radical (unpaired) electrons. The Balaban J connectivity index is 2.32. The number of nitrogens with zero attached hydrogens (tertiary/aromatic N) is 1. The van der Waals surface area contributed by atoms with E-state index in [1.165, 1.54) is 0 Å². The maximum atomic E-state index is 5.92. The summed E-state index contributed by atoms with van der Waals surface area (Å²) in [6, 6.07) is 3.59. The average molecular weight is 318 g/mol. The van der Waals surface area contributed by atoms with Crippen LogP contribution in [0, 0.1) is 0 Å². The molecule has 0 aromatic carbocycles. The van der Waals surface area contributed by atoms with Gasteiger partial charge in [0, 0.05) is 4.47 Å². The van der Waals surface area contributed by atoms with Gasteiger partial charge in [0.25, 0.3) is 0 Å². The monoisotopic (exact) mass is 317 g/mol. The van der Waals surface area contributed by atoms with E-state index in [9.17, 15) is 0 Å². The zero-order valence-electron chi connectivity index (χ0n) is 10.3. The molecule has 0 spiro atoms. The maximum Gasteiger partial charge on any atom is 0.514 e. The summed E-state index contributed by atoms with van der Waals surface area (Å²) < 4.78 is 12.7. The van der Waals surface area contributed by atoms with E-state index < -0.39 is 7.12 Å². The number of aromatic nitrogens is 1. The van der Waals surface area contributed by atoms with Crippen LogP contribution in [0.5, 0.6) is 0 Å². The van der Waals surface area contributed by atoms with E-state index in [1.54, 1.807) is 6.07 Å². The van der Waals surface area contributed by atoms with Crippen molar-refractivity contribution in [1.82, 2.24) is 4.98 Å². The number of hydrogen-bond acceptors (Lipinski definition) is 3. The molecule has 0 aliphatic carbocycles. The lowest BCUT2D eigenvalue weighted by molar-refractivity contribution is 0.00578. The van der Waals surface area contributed by atoms with Crippen LogP contribution in [0.4, 0.5) is 0 Å². The van der Waals surface area contributed by atoms with Crippen molar-refractivity contribution in [2.75, 3.05) is 0 Å². The zero-order chi connectivity index (χ0) is 12.8. The second-order valence-electron chi connectivity index (χ2n) is 5.12. The van der Waals surface area contributed by atoms with Gasteiger partial charge >= 0.3 is 7.12 Å². The predicted molar refractivity (Wildman–Crippen MR) is 72.7 cm³/mol. The first-order valence-corrected chi connectivity index (χ1v) is 6.57. The molecule has 1 fully saturated rings. The molecule has 2 rings (SSSR count). The topological polar surface area (TPSA) is 31.4 Å². The van der Waals surface area contributed by atoms with Gasteiger partial charge in [0.15, 0.2) is 0 Å². The molecule has 0 saturated carbocycles. The van der Waals surface area contributed by atoms with Crippen molar-refractivity contribution < 1.29 is 9.31 Å². The Hall–Kier alpha value is -0.0951. The minimum Gasteiger partial charge on any atom is -0.398 e. The molecule has 3 nitrogen and oxygen atoms in total. The molecule has 92 valence electrons. The van der Waals surface area contributed by atoms with Gasteiger partial charge in [0.1, 0.15) is 5.15 Å². The van der Waals surface area contributed by atoms with Crippen LogP contribution in [0.15, 0.2) is 16.6 Å². The molecule has 1 aromatic rings. The standard InChI is InChI=1S/C11H14BBrClNO2/c1-10(2)11(3,4)17-12(16-10)8-5-7(13)6-9(14)15-8/h5-6H,1-4H3. The molecule has 1 aliphatic rings. The molecule has 0 N–H and O–H groups in total. The normalized spacial score (nSPS) is 21.9. The van der Waals surface area contributed by atoms with E-state index in [-0.39, 0.29) is 11.2 Å². The third-order valence-corrected chi connectivity index (χ3v) is 3.92. The van der Waals surface area contributed by atoms with Gasteiger partial charge in [-0.05, 0) is 39.8 Å². The number of pyridine rings is 1. The van der Waals surface area contributed by atoms with Gasteiger partial charge in [-0.15, -0.1) is 0 Å². The first-order chi connectivity index (χ1) is 7.71. The van der Waals surface area contributed by atoms with E-state index in [2.05, 4.69) is 20.9 Å². The van der Waals surface area contributed by atoms with Crippen LogP contribution in [0.2, 0.25) is 5.15 Å². The number of halogens is 2. The summed E-state index contributed by atoms with van der Waals surface area (Å²) in [6.45, 7) is 8.03. The van der Waals surface area contributed by atoms with Crippen molar-refractivity contribution in [3.8, 4) is 0 Å². The van der Waals surface area contributed by atoms with E-state index >= 15 is 0 Å². The quantitative estimate of drug-likeness (QED) is 0.589. The van der Waals surface area contributed by atoms with Crippen LogP contribution < -0.4 is 5.59 Å². The largest absolute Gasteiger partial charge is 0.514 e. The Labute approximate surface area is 115 Å². The SMILES string of the molecule is CC1(C)OB(c2cc(Br)cc(Cl)n2)OC1(C)C. The molecule has 1 aromatic heterocycles. The van der Waals surface area contributed by atoms with E-state index in [4.69, 9.17) is 20.9 Å². The van der Waals surface area contributed by atoms with Crippen molar-refractivity contribution in [1.29, 1.82) is 0 Å². The minimum atomic E-state index is -0.477. The fraction of sp³-hybridized carbons (Fsp3) is 0.545. The van der Waals surface area contributed by atoms with Gasteiger partial charge < -0.3 is 9.31 Å². The smallest absolute Gasteiger partial charge is 0.398 e. The van der Waals surface area contributed by atoms with Gasteiger partial charge in [0.05, 0.1) is 16.8 Å². The van der Waals surface area contributed by atoms with Crippen molar-refractivity contribution >= 4 is 40.2 Å². The van der Waals surface area contributed by atoms with Crippen molar-refractivity contribution in [3.05, 3.63) is 21.8 Å². The third-order valence-electron chi connectivity index (χ3n) is 3.27. The van der Waals surface area contributed by atoms with Gasteiger partial charge in [0.2, 0.25) is 0 Å². The van der Waals surface area contributed by atoms with E-state index in [1.807, 2.05) is 33.8 Å². The lowest BCUT2D eigenvalue weighted by atomic mass is 9.84. The fourth-order valence-electron chi connectivity index (χ4n) is 1.57. The first-order valence-electron chi connectivity index (χ1n) is 5.40. The molecule has 0 unspecified atom stereocenters. The Morgan fingerprint density at radius 2 is 1.71 bits per heavy atom. The lowest BCUT2D eigenvalue weighted by Gasteiger charge is -2.32. The summed E-state index contributed by atoms with van der Waals surface area (Å²) in [5.41, 5.74) is -0.0505. The van der Waals surface area contributed by atoms with Crippen LogP contribution >= 0.6 is 27.5 Å². The highest BCUT2D eigenvalue weighted by Gasteiger charge is 2.52. The molecule has 0 amide bonds. The van der Waals surface area contributed by atoms with Gasteiger partial charge in [-0.3, -0.25) is 0 Å². The Morgan fingerprint density at radius 3 is 2.18 bits per heavy atom. The van der Waals surface area contributed by atoms with Crippen LogP contribution in [0.1, 0.15) is 27.7 Å². The zero-order valence-corrected chi connectivity index (χ0v) is 12.6. The van der Waals surface area contributed by atoms with Crippen molar-refractivity contribution in [2.45, 2.75) is 38.9 Å². The Kier molecular flexibility index (Phi) is 3.32. The third kappa shape index (κ3) is 2.52. The van der Waals surface area contributed by atoms with Gasteiger partial charge in [-0.1, -0.05) is 27.5 Å². The lowest BCUT2D eigenvalue weighted by Crippen LogP contribution is -2.41. The highest BCUT2D eigenvalue weighted by Crippen LogP contribution is 2.36.